The molecule has 2 heterocycles. The van der Waals surface area contributed by atoms with Crippen molar-refractivity contribution in [3.05, 3.63) is 76.0 Å². The number of carbonyl (C=O) groups is 1. The zero-order chi connectivity index (χ0) is 22.6. The largest absolute Gasteiger partial charge is 0.330 e. The van der Waals surface area contributed by atoms with Gasteiger partial charge in [0.15, 0.2) is 4.64 Å². The summed E-state index contributed by atoms with van der Waals surface area (Å²) in [7, 11) is 0. The molecule has 1 aliphatic rings. The molecule has 6 heteroatoms. The number of allylic oxidation sites excluding steroid dienone is 10. The molecule has 0 spiro atoms. The number of carbonyl (C=O) groups excluding carboxylic acids is 1. The molecule has 0 saturated carbocycles. The van der Waals surface area contributed by atoms with Gasteiger partial charge in [-0.1, -0.05) is 67.6 Å². The van der Waals surface area contributed by atoms with Crippen LogP contribution in [0.1, 0.15) is 58.7 Å². The number of H-pyrrole nitrogens is 1. The molecule has 0 aromatic carbocycles. The lowest BCUT2D eigenvalue weighted by molar-refractivity contribution is 0.0972. The van der Waals surface area contributed by atoms with Crippen LogP contribution in [0.5, 0.6) is 0 Å². The first-order chi connectivity index (χ1) is 14.7. The third kappa shape index (κ3) is 5.44. The Labute approximate surface area is 189 Å². The predicted molar refractivity (Wildman–Crippen MR) is 129 cm³/mol. The lowest BCUT2D eigenvalue weighted by atomic mass is 9.72. The summed E-state index contributed by atoms with van der Waals surface area (Å²) < 4.78 is 1.81. The molecular formula is C25H30N4OS. The molecule has 0 amide bonds. The Morgan fingerprint density at radius 1 is 1.23 bits per heavy atom. The van der Waals surface area contributed by atoms with Gasteiger partial charge in [0.2, 0.25) is 0 Å². The van der Waals surface area contributed by atoms with Crippen LogP contribution in [0.3, 0.4) is 0 Å². The molecule has 0 bridgehead atoms. The van der Waals surface area contributed by atoms with Crippen molar-refractivity contribution in [2.24, 2.45) is 5.41 Å². The summed E-state index contributed by atoms with van der Waals surface area (Å²) in [6.45, 7) is 10.9. The highest BCUT2D eigenvalue weighted by atomic mass is 32.1. The van der Waals surface area contributed by atoms with Crippen LogP contribution in [-0.4, -0.2) is 25.4 Å². The first-order valence-electron chi connectivity index (χ1n) is 10.6. The summed E-state index contributed by atoms with van der Waals surface area (Å²) in [5.41, 5.74) is 6.27. The van der Waals surface area contributed by atoms with Gasteiger partial charge in [-0.15, -0.1) is 0 Å². The van der Waals surface area contributed by atoms with Gasteiger partial charge < -0.3 is 4.98 Å². The second-order valence-corrected chi connectivity index (χ2v) is 9.17. The van der Waals surface area contributed by atoms with E-state index in [1.165, 1.54) is 47.6 Å². The van der Waals surface area contributed by atoms with E-state index in [-0.39, 0.29) is 11.3 Å². The average molecular weight is 435 g/mol. The highest BCUT2D eigenvalue weighted by Gasteiger charge is 2.26. The van der Waals surface area contributed by atoms with E-state index < -0.39 is 0 Å². The van der Waals surface area contributed by atoms with Crippen LogP contribution in [0.15, 0.2) is 71.4 Å². The van der Waals surface area contributed by atoms with Crippen molar-refractivity contribution in [3.63, 3.8) is 0 Å². The molecule has 0 atom stereocenters. The van der Waals surface area contributed by atoms with Crippen molar-refractivity contribution >= 4 is 29.3 Å². The Kier molecular flexibility index (Phi) is 7.01. The number of aromatic amines is 1. The van der Waals surface area contributed by atoms with Crippen LogP contribution in [0.4, 0.5) is 0 Å². The van der Waals surface area contributed by atoms with Crippen LogP contribution >= 0.6 is 12.2 Å². The van der Waals surface area contributed by atoms with E-state index in [0.717, 1.165) is 11.1 Å². The minimum Gasteiger partial charge on any atom is -0.330 e. The number of hydrogen-bond donors (Lipinski definition) is 1. The fraction of sp³-hybridized carbons (Fsp3) is 0.360. The SMILES string of the molecule is CC1=C(/C=C/C(C)=C/C=C/C(C)=C/C(=O)n2cnc3c(=S)nc[nH]c32)C(C)(C)CCC1. The van der Waals surface area contributed by atoms with E-state index in [0.29, 0.717) is 15.8 Å². The van der Waals surface area contributed by atoms with Crippen LogP contribution < -0.4 is 0 Å². The molecule has 0 fully saturated rings. The number of imidazole rings is 1. The molecule has 5 nitrogen and oxygen atoms in total. The third-order valence-electron chi connectivity index (χ3n) is 5.72. The summed E-state index contributed by atoms with van der Waals surface area (Å²) in [4.78, 5) is 23.7. The van der Waals surface area contributed by atoms with E-state index in [4.69, 9.17) is 12.2 Å². The smallest absolute Gasteiger partial charge is 0.257 e. The summed E-state index contributed by atoms with van der Waals surface area (Å²) in [5, 5.41) is 0. The fourth-order valence-electron chi connectivity index (χ4n) is 3.97. The second kappa shape index (κ2) is 9.52. The third-order valence-corrected chi connectivity index (χ3v) is 6.01. The van der Waals surface area contributed by atoms with Crippen LogP contribution in [0, 0.1) is 10.1 Å². The van der Waals surface area contributed by atoms with Crippen LogP contribution in [-0.2, 0) is 0 Å². The topological polar surface area (TPSA) is 63.6 Å². The van der Waals surface area contributed by atoms with Gasteiger partial charge in [-0.3, -0.25) is 9.36 Å². The van der Waals surface area contributed by atoms with E-state index in [1.54, 1.807) is 6.08 Å². The minimum atomic E-state index is -0.191. The second-order valence-electron chi connectivity index (χ2n) is 8.78. The quantitative estimate of drug-likeness (QED) is 0.325. The first kappa shape index (κ1) is 22.8. The van der Waals surface area contributed by atoms with E-state index in [9.17, 15) is 4.79 Å². The Hall–Kier alpha value is -2.86. The van der Waals surface area contributed by atoms with Crippen molar-refractivity contribution < 1.29 is 4.79 Å². The molecule has 2 aromatic rings. The molecule has 0 unspecified atom stereocenters. The number of rotatable bonds is 5. The van der Waals surface area contributed by atoms with E-state index in [1.807, 2.05) is 19.1 Å². The van der Waals surface area contributed by atoms with Gasteiger partial charge in [-0.25, -0.2) is 9.97 Å². The van der Waals surface area contributed by atoms with Gasteiger partial charge >= 0.3 is 0 Å². The molecule has 0 aliphatic heterocycles. The Bertz CT molecular complexity index is 1200. The molecule has 162 valence electrons. The van der Waals surface area contributed by atoms with Gasteiger partial charge in [-0.05, 0) is 56.6 Å². The Morgan fingerprint density at radius 2 is 2.00 bits per heavy atom. The number of nitrogens with zero attached hydrogens (tertiary/aromatic N) is 3. The molecule has 1 aliphatic carbocycles. The summed E-state index contributed by atoms with van der Waals surface area (Å²) in [6, 6.07) is 0. The van der Waals surface area contributed by atoms with Crippen molar-refractivity contribution in [1.29, 1.82) is 0 Å². The van der Waals surface area contributed by atoms with Gasteiger partial charge in [0, 0.05) is 6.08 Å². The first-order valence-corrected chi connectivity index (χ1v) is 11.0. The highest BCUT2D eigenvalue weighted by Crippen LogP contribution is 2.40. The van der Waals surface area contributed by atoms with Crippen molar-refractivity contribution in [2.45, 2.75) is 53.9 Å². The Morgan fingerprint density at radius 3 is 2.74 bits per heavy atom. The normalized spacial score (nSPS) is 18.0. The molecule has 31 heavy (non-hydrogen) atoms. The molecular weight excluding hydrogens is 404 g/mol. The van der Waals surface area contributed by atoms with Crippen molar-refractivity contribution in [2.75, 3.05) is 0 Å². The number of hydrogen-bond acceptors (Lipinski definition) is 4. The number of fused-ring (bicyclic) bond motifs is 1. The summed E-state index contributed by atoms with van der Waals surface area (Å²) in [5.74, 6) is -0.191. The van der Waals surface area contributed by atoms with Gasteiger partial charge in [0.1, 0.15) is 17.5 Å². The van der Waals surface area contributed by atoms with Gasteiger partial charge in [-0.2, -0.15) is 0 Å². The maximum Gasteiger partial charge on any atom is 0.257 e. The monoisotopic (exact) mass is 434 g/mol. The van der Waals surface area contributed by atoms with Crippen LogP contribution in [0.25, 0.3) is 11.2 Å². The maximum atomic E-state index is 12.6. The summed E-state index contributed by atoms with van der Waals surface area (Å²) in [6.07, 6.45) is 18.6. The lowest BCUT2D eigenvalue weighted by Crippen LogP contribution is -2.19. The standard InChI is InChI=1S/C25H30N4OS/c1-17(11-12-20-19(3)10-7-13-25(20,4)5)8-6-9-18(2)14-21(30)29-16-28-22-23(29)26-15-27-24(22)31/h6,8-9,11-12,14-16H,7,10,13H2,1-5H3,(H,26,27,31)/b9-6+,12-11+,17-8+,18-14+. The lowest BCUT2D eigenvalue weighted by Gasteiger charge is -2.32. The molecule has 2 aromatic heterocycles. The zero-order valence-corrected chi connectivity index (χ0v) is 19.7. The molecule has 0 saturated heterocycles. The van der Waals surface area contributed by atoms with Gasteiger partial charge in [0.05, 0.1) is 6.33 Å². The molecule has 0 radical (unpaired) electrons. The minimum absolute atomic E-state index is 0.191. The zero-order valence-electron chi connectivity index (χ0n) is 18.9. The molecule has 3 rings (SSSR count). The van der Waals surface area contributed by atoms with Crippen LogP contribution in [0.2, 0.25) is 0 Å². The van der Waals surface area contributed by atoms with E-state index in [2.05, 4.69) is 60.9 Å². The van der Waals surface area contributed by atoms with Gasteiger partial charge in [0.25, 0.3) is 5.91 Å². The fourth-order valence-corrected chi connectivity index (χ4v) is 4.17. The predicted octanol–water partition coefficient (Wildman–Crippen LogP) is 6.66. The average Bonchev–Trinajstić information content (AvgIpc) is 3.12. The summed E-state index contributed by atoms with van der Waals surface area (Å²) >= 11 is 5.15. The number of aromatic nitrogens is 4. The highest BCUT2D eigenvalue weighted by molar-refractivity contribution is 7.71. The van der Waals surface area contributed by atoms with E-state index >= 15 is 0 Å². The molecule has 1 N–H and O–H groups in total. The maximum absolute atomic E-state index is 12.6. The number of nitrogens with one attached hydrogen (secondary N) is 1. The van der Waals surface area contributed by atoms with Crippen molar-refractivity contribution in [1.82, 2.24) is 19.5 Å². The Balaban J connectivity index is 1.70. The van der Waals surface area contributed by atoms with Crippen molar-refractivity contribution in [3.8, 4) is 0 Å².